The molecule has 2 fully saturated rings. The quantitative estimate of drug-likeness (QED) is 0.354. The number of halogens is 3. The Morgan fingerprint density at radius 2 is 2.00 bits per heavy atom. The zero-order valence-electron chi connectivity index (χ0n) is 17.4. The highest BCUT2D eigenvalue weighted by Crippen LogP contribution is 2.20. The highest BCUT2D eigenvalue weighted by molar-refractivity contribution is 14.0. The fourth-order valence-corrected chi connectivity index (χ4v) is 3.90. The third-order valence-electron chi connectivity index (χ3n) is 5.57. The molecule has 2 atom stereocenters. The molecule has 2 aliphatic heterocycles. The van der Waals surface area contributed by atoms with Crippen molar-refractivity contribution >= 4 is 29.9 Å². The predicted molar refractivity (Wildman–Crippen MR) is 123 cm³/mol. The smallest absolute Gasteiger partial charge is 0.193 e. The first kappa shape index (κ1) is 24.3. The van der Waals surface area contributed by atoms with Crippen molar-refractivity contribution in [2.24, 2.45) is 10.9 Å². The van der Waals surface area contributed by atoms with Crippen LogP contribution in [0.5, 0.6) is 0 Å². The minimum Gasteiger partial charge on any atom is -0.379 e. The van der Waals surface area contributed by atoms with E-state index in [1.807, 2.05) is 6.92 Å². The second-order valence-corrected chi connectivity index (χ2v) is 7.78. The van der Waals surface area contributed by atoms with Gasteiger partial charge in [0.05, 0.1) is 13.2 Å². The van der Waals surface area contributed by atoms with E-state index in [-0.39, 0.29) is 29.9 Å². The van der Waals surface area contributed by atoms with Crippen LogP contribution in [0.25, 0.3) is 0 Å². The minimum atomic E-state index is -0.809. The Labute approximate surface area is 189 Å². The van der Waals surface area contributed by atoms with Gasteiger partial charge in [-0.3, -0.25) is 9.89 Å². The summed E-state index contributed by atoms with van der Waals surface area (Å²) in [6.45, 7) is 12.2. The van der Waals surface area contributed by atoms with Crippen LogP contribution in [0.15, 0.2) is 23.2 Å². The fourth-order valence-electron chi connectivity index (χ4n) is 3.90. The summed E-state index contributed by atoms with van der Waals surface area (Å²) < 4.78 is 32.1. The molecule has 2 saturated heterocycles. The Kier molecular flexibility index (Phi) is 10.0. The van der Waals surface area contributed by atoms with Crippen LogP contribution in [0.4, 0.5) is 8.78 Å². The second kappa shape index (κ2) is 12.0. The van der Waals surface area contributed by atoms with Gasteiger partial charge in [0.2, 0.25) is 0 Å². The molecule has 8 heteroatoms. The molecule has 0 radical (unpaired) electrons. The van der Waals surface area contributed by atoms with Crippen molar-refractivity contribution in [1.82, 2.24) is 15.1 Å². The number of morpholine rings is 1. The first-order valence-corrected chi connectivity index (χ1v) is 10.3. The molecule has 2 aliphatic rings. The molecule has 0 spiro atoms. The zero-order valence-corrected chi connectivity index (χ0v) is 19.7. The number of benzene rings is 1. The molecule has 1 aromatic carbocycles. The van der Waals surface area contributed by atoms with Crippen LogP contribution >= 0.6 is 24.0 Å². The molecule has 0 aromatic heterocycles. The molecule has 2 unspecified atom stereocenters. The third-order valence-corrected chi connectivity index (χ3v) is 5.57. The van der Waals surface area contributed by atoms with Crippen LogP contribution in [0.2, 0.25) is 0 Å². The highest BCUT2D eigenvalue weighted by Gasteiger charge is 2.27. The minimum absolute atomic E-state index is 0. The van der Waals surface area contributed by atoms with Gasteiger partial charge in [0, 0.05) is 51.7 Å². The monoisotopic (exact) mass is 522 g/mol. The average molecular weight is 522 g/mol. The second-order valence-electron chi connectivity index (χ2n) is 7.78. The standard InChI is InChI=1S/C21H32F2N4O.HI/c1-3-24-21(25-13-16(2)18-4-5-19(22)20(23)12-18)27-7-6-17(15-27)14-26-8-10-28-11-9-26;/h4-5,12,16-17H,3,6-11,13-15H2,1-2H3,(H,24,25);1H. The number of hydrogen-bond acceptors (Lipinski definition) is 3. The summed E-state index contributed by atoms with van der Waals surface area (Å²) in [6, 6.07) is 4.10. The number of nitrogens with one attached hydrogen (secondary N) is 1. The van der Waals surface area contributed by atoms with Crippen LogP contribution < -0.4 is 5.32 Å². The van der Waals surface area contributed by atoms with Gasteiger partial charge in [-0.1, -0.05) is 13.0 Å². The summed E-state index contributed by atoms with van der Waals surface area (Å²) in [4.78, 5) is 9.61. The van der Waals surface area contributed by atoms with Gasteiger partial charge >= 0.3 is 0 Å². The van der Waals surface area contributed by atoms with Gasteiger partial charge in [0.15, 0.2) is 17.6 Å². The summed E-state index contributed by atoms with van der Waals surface area (Å²) in [5, 5.41) is 3.38. The lowest BCUT2D eigenvalue weighted by atomic mass is 10.0. The van der Waals surface area contributed by atoms with Crippen LogP contribution in [0, 0.1) is 17.6 Å². The Morgan fingerprint density at radius 1 is 1.24 bits per heavy atom. The Bertz CT molecular complexity index is 670. The molecule has 2 heterocycles. The number of guanidine groups is 1. The number of rotatable bonds is 6. The largest absolute Gasteiger partial charge is 0.379 e. The lowest BCUT2D eigenvalue weighted by Crippen LogP contribution is -2.42. The summed E-state index contributed by atoms with van der Waals surface area (Å²) in [6.07, 6.45) is 1.17. The first-order valence-electron chi connectivity index (χ1n) is 10.3. The first-order chi connectivity index (χ1) is 13.6. The summed E-state index contributed by atoms with van der Waals surface area (Å²) in [5.74, 6) is -0.0237. The van der Waals surface area contributed by atoms with Crippen LogP contribution in [-0.4, -0.2) is 74.8 Å². The number of hydrogen-bond donors (Lipinski definition) is 1. The average Bonchev–Trinajstić information content (AvgIpc) is 3.16. The number of aliphatic imine (C=N–C) groups is 1. The van der Waals surface area contributed by atoms with E-state index >= 15 is 0 Å². The molecule has 0 amide bonds. The Hall–Kier alpha value is -1.00. The molecule has 164 valence electrons. The van der Waals surface area contributed by atoms with Crippen molar-refractivity contribution < 1.29 is 13.5 Å². The Morgan fingerprint density at radius 3 is 2.69 bits per heavy atom. The molecular formula is C21H33F2IN4O. The maximum Gasteiger partial charge on any atom is 0.193 e. The maximum atomic E-state index is 13.5. The van der Waals surface area contributed by atoms with E-state index in [4.69, 9.17) is 9.73 Å². The molecule has 0 aliphatic carbocycles. The van der Waals surface area contributed by atoms with Crippen molar-refractivity contribution in [3.8, 4) is 0 Å². The van der Waals surface area contributed by atoms with Crippen LogP contribution in [0.3, 0.4) is 0 Å². The third kappa shape index (κ3) is 7.03. The molecule has 1 N–H and O–H groups in total. The molecule has 0 bridgehead atoms. The van der Waals surface area contributed by atoms with Gasteiger partial charge in [-0.05, 0) is 37.0 Å². The van der Waals surface area contributed by atoms with Gasteiger partial charge in [-0.25, -0.2) is 8.78 Å². The van der Waals surface area contributed by atoms with Gasteiger partial charge < -0.3 is 15.0 Å². The van der Waals surface area contributed by atoms with E-state index < -0.39 is 11.6 Å². The van der Waals surface area contributed by atoms with Gasteiger partial charge in [0.1, 0.15) is 0 Å². The Balaban J connectivity index is 0.00000300. The highest BCUT2D eigenvalue weighted by atomic mass is 127. The molecular weight excluding hydrogens is 489 g/mol. The number of nitrogens with zero attached hydrogens (tertiary/aromatic N) is 3. The van der Waals surface area contributed by atoms with Crippen molar-refractivity contribution in [1.29, 1.82) is 0 Å². The molecule has 0 saturated carbocycles. The summed E-state index contributed by atoms with van der Waals surface area (Å²) >= 11 is 0. The van der Waals surface area contributed by atoms with E-state index in [0.29, 0.717) is 12.5 Å². The fraction of sp³-hybridized carbons (Fsp3) is 0.667. The van der Waals surface area contributed by atoms with Crippen molar-refractivity contribution in [3.63, 3.8) is 0 Å². The van der Waals surface area contributed by atoms with E-state index in [1.165, 1.54) is 18.6 Å². The number of ether oxygens (including phenoxy) is 1. The van der Waals surface area contributed by atoms with Crippen LogP contribution in [0.1, 0.15) is 31.7 Å². The van der Waals surface area contributed by atoms with E-state index in [2.05, 4.69) is 22.0 Å². The topological polar surface area (TPSA) is 40.1 Å². The van der Waals surface area contributed by atoms with Crippen molar-refractivity contribution in [2.45, 2.75) is 26.2 Å². The summed E-state index contributed by atoms with van der Waals surface area (Å²) in [7, 11) is 0. The zero-order chi connectivity index (χ0) is 19.9. The van der Waals surface area contributed by atoms with Crippen molar-refractivity contribution in [2.75, 3.05) is 59.0 Å². The SMILES string of the molecule is CCNC(=NCC(C)c1ccc(F)c(F)c1)N1CCC(CN2CCOCC2)C1.I. The lowest BCUT2D eigenvalue weighted by Gasteiger charge is -2.29. The van der Waals surface area contributed by atoms with Crippen molar-refractivity contribution in [3.05, 3.63) is 35.4 Å². The number of likely N-dealkylation sites (tertiary alicyclic amines) is 1. The summed E-state index contributed by atoms with van der Waals surface area (Å²) in [5.41, 5.74) is 0.769. The van der Waals surface area contributed by atoms with E-state index in [9.17, 15) is 8.78 Å². The normalized spacial score (nSPS) is 21.7. The van der Waals surface area contributed by atoms with Crippen LogP contribution in [-0.2, 0) is 4.74 Å². The van der Waals surface area contributed by atoms with Gasteiger partial charge in [-0.2, -0.15) is 0 Å². The lowest BCUT2D eigenvalue weighted by molar-refractivity contribution is 0.0315. The predicted octanol–water partition coefficient (Wildman–Crippen LogP) is 3.31. The molecule has 29 heavy (non-hydrogen) atoms. The van der Waals surface area contributed by atoms with E-state index in [1.54, 1.807) is 6.07 Å². The van der Waals surface area contributed by atoms with E-state index in [0.717, 1.165) is 64.0 Å². The molecule has 3 rings (SSSR count). The van der Waals surface area contributed by atoms with Gasteiger partial charge in [0.25, 0.3) is 0 Å². The maximum absolute atomic E-state index is 13.5. The molecule has 1 aromatic rings. The van der Waals surface area contributed by atoms with Gasteiger partial charge in [-0.15, -0.1) is 24.0 Å². The molecule has 5 nitrogen and oxygen atoms in total.